The first-order valence-corrected chi connectivity index (χ1v) is 23.4. The number of aromatic nitrogens is 1. The van der Waals surface area contributed by atoms with Gasteiger partial charge in [0.25, 0.3) is 0 Å². The van der Waals surface area contributed by atoms with Crippen molar-refractivity contribution < 1.29 is 24.2 Å². The topological polar surface area (TPSA) is 110 Å². The summed E-state index contributed by atoms with van der Waals surface area (Å²) in [4.78, 5) is 31.0. The van der Waals surface area contributed by atoms with Crippen LogP contribution in [0.15, 0.2) is 54.7 Å². The van der Waals surface area contributed by atoms with Gasteiger partial charge in [-0.2, -0.15) is 0 Å². The molecule has 2 spiro atoms. The summed E-state index contributed by atoms with van der Waals surface area (Å²) in [5.74, 6) is 5.52. The molecule has 9 heteroatoms. The Kier molecular flexibility index (Phi) is 10.2. The van der Waals surface area contributed by atoms with E-state index in [9.17, 15) is 14.7 Å². The molecule has 3 N–H and O–H groups in total. The lowest BCUT2D eigenvalue weighted by Crippen LogP contribution is -2.62. The maximum Gasteiger partial charge on any atom is 0.329 e. The molecule has 0 radical (unpaired) electrons. The Hall–Kier alpha value is -3.78. The molecule has 5 saturated carbocycles. The molecule has 7 aliphatic carbocycles. The number of pyridine rings is 1. The summed E-state index contributed by atoms with van der Waals surface area (Å²) in [7, 11) is 0. The molecule has 2 aromatic carbocycles. The molecular weight excluding hydrogens is 758 g/mol. The van der Waals surface area contributed by atoms with Crippen molar-refractivity contribution in [1.29, 1.82) is 0 Å². The van der Waals surface area contributed by atoms with E-state index in [4.69, 9.17) is 21.1 Å². The van der Waals surface area contributed by atoms with Crippen molar-refractivity contribution in [2.45, 2.75) is 139 Å². The van der Waals surface area contributed by atoms with Gasteiger partial charge in [0.1, 0.15) is 17.0 Å². The number of hydrogen-bond acceptors (Lipinski definition) is 6. The second-order valence-electron chi connectivity index (χ2n) is 20.4. The molecule has 59 heavy (non-hydrogen) atoms. The van der Waals surface area contributed by atoms with Crippen LogP contribution in [0.5, 0.6) is 11.5 Å². The molecular formula is C50H62ClN3O5. The zero-order chi connectivity index (χ0) is 40.5. The summed E-state index contributed by atoms with van der Waals surface area (Å²) < 4.78 is 13.0. The lowest BCUT2D eigenvalue weighted by atomic mass is 9.52. The number of hydrogen-bond donors (Lipinski definition) is 3. The highest BCUT2D eigenvalue weighted by molar-refractivity contribution is 6.30. The van der Waals surface area contributed by atoms with Crippen LogP contribution in [0.2, 0.25) is 5.02 Å². The first kappa shape index (κ1) is 39.4. The number of ether oxygens (including phenoxy) is 2. The number of halogens is 1. The summed E-state index contributed by atoms with van der Waals surface area (Å²) in [5, 5.41) is 18.2. The SMILES string of the molecule is C[C@@H](COc1ccnc2c1[C@H](C)CCC2)C[C@H]1Cc2ccc(OCCCC(=O)NC3C4CC5CC6CC3C4(C5)C6)cc2C12CCC(Nc1cccc(Cl)c1)(C(=O)O)CC2. The Morgan fingerprint density at radius 2 is 1.80 bits per heavy atom. The summed E-state index contributed by atoms with van der Waals surface area (Å²) in [6, 6.07) is 16.4. The molecule has 7 atom stereocenters. The third-order valence-corrected chi connectivity index (χ3v) is 17.2. The monoisotopic (exact) mass is 819 g/mol. The van der Waals surface area contributed by atoms with Crippen LogP contribution in [-0.4, -0.2) is 46.8 Å². The van der Waals surface area contributed by atoms with Gasteiger partial charge < -0.3 is 25.2 Å². The molecule has 1 aromatic heterocycles. The van der Waals surface area contributed by atoms with Gasteiger partial charge in [-0.1, -0.05) is 37.6 Å². The van der Waals surface area contributed by atoms with E-state index in [1.54, 1.807) is 0 Å². The number of amides is 1. The van der Waals surface area contributed by atoms with E-state index >= 15 is 0 Å². The van der Waals surface area contributed by atoms with Gasteiger partial charge in [-0.3, -0.25) is 9.78 Å². The van der Waals surface area contributed by atoms with Gasteiger partial charge in [0, 0.05) is 40.6 Å². The van der Waals surface area contributed by atoms with E-state index in [1.807, 2.05) is 36.5 Å². The van der Waals surface area contributed by atoms with Gasteiger partial charge in [-0.15, -0.1) is 0 Å². The van der Waals surface area contributed by atoms with E-state index in [1.165, 1.54) is 67.3 Å². The van der Waals surface area contributed by atoms with Gasteiger partial charge in [-0.25, -0.2) is 4.79 Å². The lowest BCUT2D eigenvalue weighted by molar-refractivity contribution is -0.144. The molecule has 1 amide bonds. The third-order valence-electron chi connectivity index (χ3n) is 16.9. The summed E-state index contributed by atoms with van der Waals surface area (Å²) in [5.41, 5.74) is 5.16. The number of aliphatic carboxylic acids is 1. The van der Waals surface area contributed by atoms with E-state index in [0.29, 0.717) is 85.0 Å². The fourth-order valence-electron chi connectivity index (χ4n) is 14.4. The van der Waals surface area contributed by atoms with Crippen molar-refractivity contribution in [2.75, 3.05) is 18.5 Å². The second-order valence-corrected chi connectivity index (χ2v) is 20.8. The number of benzene rings is 2. The molecule has 8 nitrogen and oxygen atoms in total. The number of fused-ring (bicyclic) bond motifs is 5. The normalized spacial score (nSPS) is 35.0. The lowest BCUT2D eigenvalue weighted by Gasteiger charge is -2.56. The first-order valence-electron chi connectivity index (χ1n) is 23.0. The minimum atomic E-state index is -1.08. The Bertz CT molecular complexity index is 2070. The minimum absolute atomic E-state index is 0.179. The summed E-state index contributed by atoms with van der Waals surface area (Å²) >= 11 is 6.33. The predicted molar refractivity (Wildman–Crippen MR) is 230 cm³/mol. The van der Waals surface area contributed by atoms with Crippen LogP contribution in [0.4, 0.5) is 5.69 Å². The first-order chi connectivity index (χ1) is 28.5. The Balaban J connectivity index is 0.818. The molecule has 0 saturated heterocycles. The fourth-order valence-corrected chi connectivity index (χ4v) is 14.6. The summed E-state index contributed by atoms with van der Waals surface area (Å²) in [6.45, 7) is 5.71. The van der Waals surface area contributed by atoms with Gasteiger partial charge >= 0.3 is 5.97 Å². The van der Waals surface area contributed by atoms with Gasteiger partial charge in [0.15, 0.2) is 0 Å². The van der Waals surface area contributed by atoms with E-state index in [2.05, 4.69) is 47.7 Å². The number of carboxylic acid groups (broad SMARTS) is 1. The molecule has 3 bridgehead atoms. The van der Waals surface area contributed by atoms with Crippen molar-refractivity contribution >= 4 is 29.2 Å². The van der Waals surface area contributed by atoms with Crippen LogP contribution >= 0.6 is 11.6 Å². The third kappa shape index (κ3) is 6.92. The molecule has 7 aliphatic rings. The molecule has 5 fully saturated rings. The minimum Gasteiger partial charge on any atom is -0.494 e. The number of carbonyl (C=O) groups is 2. The summed E-state index contributed by atoms with van der Waals surface area (Å²) in [6.07, 6.45) is 17.8. The smallest absolute Gasteiger partial charge is 0.329 e. The van der Waals surface area contributed by atoms with Gasteiger partial charge in [0.2, 0.25) is 5.91 Å². The van der Waals surface area contributed by atoms with Crippen molar-refractivity contribution in [3.8, 4) is 11.5 Å². The second kappa shape index (κ2) is 15.3. The Labute approximate surface area is 355 Å². The van der Waals surface area contributed by atoms with Crippen LogP contribution < -0.4 is 20.1 Å². The van der Waals surface area contributed by atoms with Crippen LogP contribution in [0.3, 0.4) is 0 Å². The number of carboxylic acids is 1. The standard InChI is InChI=1S/C50H62ClN3O5/c1-30(29-59-43-13-18-52-42-9-3-6-31(2)45(42)43)20-35-24-34-11-12-38(58-19-5-10-44(55)53-46-40-22-32-21-33-23-41(46)49(40,27-32)28-33)26-39(34)48(35)14-16-50(17-15-48,47(56)57)54-37-8-4-7-36(51)25-37/h4,7-8,11-13,18,25-26,30-33,35,40-41,46,54H,3,5-6,9-10,14-17,19-24,27-29H2,1-2H3,(H,53,55)(H,56,57)/t30-,31-,32?,33?,35+,40?,41?,46?,48?,49?,50?/m1/s1. The van der Waals surface area contributed by atoms with Crippen LogP contribution in [-0.2, 0) is 27.8 Å². The van der Waals surface area contributed by atoms with Crippen molar-refractivity contribution in [1.82, 2.24) is 10.3 Å². The maximum absolute atomic E-state index is 13.2. The zero-order valence-corrected chi connectivity index (χ0v) is 35.7. The molecule has 10 rings (SSSR count). The average molecular weight is 821 g/mol. The number of anilines is 1. The number of aryl methyl sites for hydroxylation is 1. The highest BCUT2D eigenvalue weighted by Gasteiger charge is 2.71. The van der Waals surface area contributed by atoms with E-state index < -0.39 is 11.5 Å². The quantitative estimate of drug-likeness (QED) is 0.139. The van der Waals surface area contributed by atoms with E-state index in [-0.39, 0.29) is 11.3 Å². The van der Waals surface area contributed by atoms with Crippen molar-refractivity contribution in [2.24, 2.45) is 40.9 Å². The fraction of sp³-hybridized carbons (Fsp3) is 0.620. The number of rotatable bonds is 14. The van der Waals surface area contributed by atoms with Gasteiger partial charge in [-0.05, 0) is 196 Å². The largest absolute Gasteiger partial charge is 0.494 e. The van der Waals surface area contributed by atoms with Crippen molar-refractivity contribution in [3.05, 3.63) is 82.1 Å². The van der Waals surface area contributed by atoms with E-state index in [0.717, 1.165) is 61.1 Å². The molecule has 3 aromatic rings. The number of nitrogens with one attached hydrogen (secondary N) is 2. The Morgan fingerprint density at radius 3 is 2.56 bits per heavy atom. The molecule has 314 valence electrons. The zero-order valence-electron chi connectivity index (χ0n) is 34.9. The maximum atomic E-state index is 13.2. The predicted octanol–water partition coefficient (Wildman–Crippen LogP) is 10.3. The number of nitrogens with zero attached hydrogens (tertiary/aromatic N) is 1. The average Bonchev–Trinajstić information content (AvgIpc) is 3.74. The highest BCUT2D eigenvalue weighted by atomic mass is 35.5. The number of carbonyl (C=O) groups excluding carboxylic acids is 1. The van der Waals surface area contributed by atoms with Crippen LogP contribution in [0.1, 0.15) is 132 Å². The van der Waals surface area contributed by atoms with Crippen molar-refractivity contribution in [3.63, 3.8) is 0 Å². The highest BCUT2D eigenvalue weighted by Crippen LogP contribution is 2.75. The van der Waals surface area contributed by atoms with Crippen LogP contribution in [0.25, 0.3) is 0 Å². The molecule has 0 aliphatic heterocycles. The Morgan fingerprint density at radius 1 is 1.00 bits per heavy atom. The molecule has 1 heterocycles. The molecule has 4 unspecified atom stereocenters. The van der Waals surface area contributed by atoms with Crippen LogP contribution in [0, 0.1) is 40.9 Å². The van der Waals surface area contributed by atoms with Gasteiger partial charge in [0.05, 0.1) is 13.2 Å².